The monoisotopic (exact) mass is 505 g/mol. The fourth-order valence-electron chi connectivity index (χ4n) is 2.79. The average molecular weight is 505 g/mol. The number of hydrogen-bond donors (Lipinski definition) is 3. The van der Waals surface area contributed by atoms with Gasteiger partial charge in [0.25, 0.3) is 5.91 Å². The van der Waals surface area contributed by atoms with Gasteiger partial charge in [-0.05, 0) is 35.4 Å². The maximum atomic E-state index is 10.8. The number of aromatic nitrogens is 1. The molecular formula is C21H24IN5O2. The Hall–Kier alpha value is -2.88. The van der Waals surface area contributed by atoms with Crippen LogP contribution >= 0.6 is 24.0 Å². The van der Waals surface area contributed by atoms with Gasteiger partial charge in [-0.1, -0.05) is 30.3 Å². The maximum absolute atomic E-state index is 10.8. The minimum Gasteiger partial charge on any atom is -0.484 e. The zero-order chi connectivity index (χ0) is 19.8. The number of halogens is 1. The minimum absolute atomic E-state index is 0. The van der Waals surface area contributed by atoms with Crippen LogP contribution in [0, 0.1) is 0 Å². The number of carbonyl (C=O) groups is 1. The molecule has 0 aliphatic heterocycles. The molecule has 0 aliphatic rings. The number of aliphatic imine (C=N–C) groups is 1. The number of nitrogens with zero attached hydrogens (tertiary/aromatic N) is 2. The number of carbonyl (C=O) groups excluding carboxylic acids is 1. The number of para-hydroxylation sites is 1. The summed E-state index contributed by atoms with van der Waals surface area (Å²) < 4.78 is 5.33. The number of ether oxygens (including phenoxy) is 1. The van der Waals surface area contributed by atoms with Crippen molar-refractivity contribution in [3.8, 4) is 5.75 Å². The highest BCUT2D eigenvalue weighted by molar-refractivity contribution is 14.0. The molecule has 0 spiro atoms. The number of benzene rings is 2. The van der Waals surface area contributed by atoms with Crippen LogP contribution in [0.1, 0.15) is 11.1 Å². The molecule has 0 bridgehead atoms. The summed E-state index contributed by atoms with van der Waals surface area (Å²) in [4.78, 5) is 19.5. The number of nitrogens with one attached hydrogen (secondary N) is 2. The lowest BCUT2D eigenvalue weighted by molar-refractivity contribution is -0.119. The van der Waals surface area contributed by atoms with Crippen LogP contribution in [-0.4, -0.2) is 30.5 Å². The van der Waals surface area contributed by atoms with Crippen molar-refractivity contribution in [3.05, 3.63) is 71.9 Å². The van der Waals surface area contributed by atoms with Crippen LogP contribution in [0.4, 0.5) is 0 Å². The predicted molar refractivity (Wildman–Crippen MR) is 125 cm³/mol. The number of fused-ring (bicyclic) bond motifs is 1. The van der Waals surface area contributed by atoms with E-state index in [1.165, 1.54) is 0 Å². The largest absolute Gasteiger partial charge is 0.484 e. The number of pyridine rings is 1. The molecule has 1 aromatic heterocycles. The number of rotatable bonds is 7. The van der Waals surface area contributed by atoms with Crippen molar-refractivity contribution in [1.29, 1.82) is 0 Å². The molecule has 2 aromatic carbocycles. The smallest absolute Gasteiger partial charge is 0.255 e. The molecular weight excluding hydrogens is 481 g/mol. The number of guanidine groups is 1. The summed E-state index contributed by atoms with van der Waals surface area (Å²) in [6, 6.07) is 17.5. The quantitative estimate of drug-likeness (QED) is 0.260. The molecule has 0 fully saturated rings. The number of primary amides is 1. The molecule has 0 atom stereocenters. The van der Waals surface area contributed by atoms with Gasteiger partial charge in [0.05, 0.1) is 5.52 Å². The van der Waals surface area contributed by atoms with E-state index in [2.05, 4.69) is 26.7 Å². The summed E-state index contributed by atoms with van der Waals surface area (Å²) >= 11 is 0. The zero-order valence-electron chi connectivity index (χ0n) is 16.1. The van der Waals surface area contributed by atoms with E-state index in [1.807, 2.05) is 48.7 Å². The average Bonchev–Trinajstić information content (AvgIpc) is 2.72. The normalized spacial score (nSPS) is 10.9. The first kappa shape index (κ1) is 22.4. The van der Waals surface area contributed by atoms with E-state index in [1.54, 1.807) is 13.1 Å². The molecule has 0 aliphatic carbocycles. The molecule has 29 heavy (non-hydrogen) atoms. The Bertz CT molecular complexity index is 988. The molecule has 1 heterocycles. The second-order valence-electron chi connectivity index (χ2n) is 6.17. The van der Waals surface area contributed by atoms with Crippen LogP contribution in [0.15, 0.2) is 65.8 Å². The highest BCUT2D eigenvalue weighted by atomic mass is 127. The van der Waals surface area contributed by atoms with Crippen LogP contribution in [-0.2, 0) is 17.9 Å². The first-order chi connectivity index (χ1) is 13.7. The number of hydrogen-bond acceptors (Lipinski definition) is 4. The molecule has 7 nitrogen and oxygen atoms in total. The third-order valence-electron chi connectivity index (χ3n) is 4.15. The van der Waals surface area contributed by atoms with Gasteiger partial charge in [0, 0.05) is 31.7 Å². The van der Waals surface area contributed by atoms with E-state index < -0.39 is 5.91 Å². The van der Waals surface area contributed by atoms with Crippen LogP contribution in [0.2, 0.25) is 0 Å². The number of nitrogens with two attached hydrogens (primary N) is 1. The van der Waals surface area contributed by atoms with Gasteiger partial charge in [0.2, 0.25) is 0 Å². The molecule has 0 saturated heterocycles. The van der Waals surface area contributed by atoms with E-state index in [4.69, 9.17) is 10.5 Å². The van der Waals surface area contributed by atoms with Crippen LogP contribution in [0.25, 0.3) is 10.9 Å². The molecule has 0 radical (unpaired) electrons. The lowest BCUT2D eigenvalue weighted by Gasteiger charge is -2.13. The SMILES string of the molecule is CN=C(NCc1cccc(OCC(N)=O)c1)NCc1ccnc2ccccc12.I. The molecule has 152 valence electrons. The topological polar surface area (TPSA) is 102 Å². The van der Waals surface area contributed by atoms with Crippen molar-refractivity contribution in [2.24, 2.45) is 10.7 Å². The van der Waals surface area contributed by atoms with Crippen molar-refractivity contribution in [2.45, 2.75) is 13.1 Å². The Kier molecular flexibility index (Phi) is 8.66. The lowest BCUT2D eigenvalue weighted by atomic mass is 10.1. The van der Waals surface area contributed by atoms with Crippen molar-refractivity contribution in [3.63, 3.8) is 0 Å². The Morgan fingerprint density at radius 1 is 1.10 bits per heavy atom. The summed E-state index contributed by atoms with van der Waals surface area (Å²) in [7, 11) is 1.73. The van der Waals surface area contributed by atoms with E-state index >= 15 is 0 Å². The molecule has 4 N–H and O–H groups in total. The summed E-state index contributed by atoms with van der Waals surface area (Å²) in [5.74, 6) is 0.783. The van der Waals surface area contributed by atoms with E-state index in [0.717, 1.165) is 22.0 Å². The Morgan fingerprint density at radius 2 is 1.90 bits per heavy atom. The van der Waals surface area contributed by atoms with E-state index in [9.17, 15) is 4.79 Å². The second kappa shape index (κ2) is 11.2. The van der Waals surface area contributed by atoms with Crippen molar-refractivity contribution < 1.29 is 9.53 Å². The van der Waals surface area contributed by atoms with Gasteiger partial charge in [0.15, 0.2) is 12.6 Å². The summed E-state index contributed by atoms with van der Waals surface area (Å²) in [5.41, 5.74) is 8.22. The summed E-state index contributed by atoms with van der Waals surface area (Å²) in [5, 5.41) is 7.71. The molecule has 8 heteroatoms. The third kappa shape index (κ3) is 6.60. The van der Waals surface area contributed by atoms with Gasteiger partial charge in [0.1, 0.15) is 5.75 Å². The van der Waals surface area contributed by atoms with Gasteiger partial charge in [-0.3, -0.25) is 14.8 Å². The molecule has 3 rings (SSSR count). The third-order valence-corrected chi connectivity index (χ3v) is 4.15. The van der Waals surface area contributed by atoms with Crippen LogP contribution < -0.4 is 21.1 Å². The van der Waals surface area contributed by atoms with Gasteiger partial charge in [-0.15, -0.1) is 24.0 Å². The van der Waals surface area contributed by atoms with E-state index in [0.29, 0.717) is 24.8 Å². The molecule has 0 unspecified atom stereocenters. The summed E-state index contributed by atoms with van der Waals surface area (Å²) in [6.07, 6.45) is 1.81. The highest BCUT2D eigenvalue weighted by Crippen LogP contribution is 2.16. The molecule has 1 amide bonds. The van der Waals surface area contributed by atoms with Crippen LogP contribution in [0.5, 0.6) is 5.75 Å². The van der Waals surface area contributed by atoms with Crippen molar-refractivity contribution in [1.82, 2.24) is 15.6 Å². The fourth-order valence-corrected chi connectivity index (χ4v) is 2.79. The minimum atomic E-state index is -0.503. The summed E-state index contributed by atoms with van der Waals surface area (Å²) in [6.45, 7) is 1.05. The number of amides is 1. The maximum Gasteiger partial charge on any atom is 0.255 e. The first-order valence-corrected chi connectivity index (χ1v) is 8.93. The highest BCUT2D eigenvalue weighted by Gasteiger charge is 2.04. The van der Waals surface area contributed by atoms with Gasteiger partial charge in [-0.2, -0.15) is 0 Å². The zero-order valence-corrected chi connectivity index (χ0v) is 18.4. The van der Waals surface area contributed by atoms with Gasteiger partial charge in [-0.25, -0.2) is 0 Å². The predicted octanol–water partition coefficient (Wildman–Crippen LogP) is 2.58. The molecule has 3 aromatic rings. The van der Waals surface area contributed by atoms with Gasteiger partial charge < -0.3 is 21.1 Å². The molecule has 0 saturated carbocycles. The van der Waals surface area contributed by atoms with Gasteiger partial charge >= 0.3 is 0 Å². The Labute approximate surface area is 186 Å². The lowest BCUT2D eigenvalue weighted by Crippen LogP contribution is -2.36. The Morgan fingerprint density at radius 3 is 2.69 bits per heavy atom. The fraction of sp³-hybridized carbons (Fsp3) is 0.190. The van der Waals surface area contributed by atoms with Crippen LogP contribution in [0.3, 0.4) is 0 Å². The standard InChI is InChI=1S/C21H23N5O2.HI/c1-23-21(25-12-15-5-4-6-17(11-15)28-14-20(22)27)26-13-16-9-10-24-19-8-3-2-7-18(16)19;/h2-11H,12-14H2,1H3,(H2,22,27)(H2,23,25,26);1H. The van der Waals surface area contributed by atoms with Crippen molar-refractivity contribution >= 4 is 46.7 Å². The first-order valence-electron chi connectivity index (χ1n) is 8.93. The van der Waals surface area contributed by atoms with Crippen molar-refractivity contribution in [2.75, 3.05) is 13.7 Å². The van der Waals surface area contributed by atoms with E-state index in [-0.39, 0.29) is 30.6 Å². The Balaban J connectivity index is 0.00000300. The second-order valence-corrected chi connectivity index (χ2v) is 6.17.